The van der Waals surface area contributed by atoms with Gasteiger partial charge in [0.05, 0.1) is 23.0 Å². The Morgan fingerprint density at radius 1 is 1.15 bits per heavy atom. The van der Waals surface area contributed by atoms with E-state index in [1.165, 1.54) is 0 Å². The Hall–Kier alpha value is -3.22. The molecule has 132 valence electrons. The number of fused-ring (bicyclic) bond motifs is 1. The van der Waals surface area contributed by atoms with Crippen LogP contribution in [0.5, 0.6) is 0 Å². The van der Waals surface area contributed by atoms with Crippen LogP contribution in [0.3, 0.4) is 0 Å². The third-order valence-electron chi connectivity index (χ3n) is 4.33. The number of anilines is 1. The third-order valence-corrected chi connectivity index (χ3v) is 4.33. The zero-order chi connectivity index (χ0) is 18.1. The van der Waals surface area contributed by atoms with Crippen LogP contribution in [0.15, 0.2) is 48.9 Å². The molecule has 0 spiro atoms. The highest BCUT2D eigenvalue weighted by atomic mass is 15.3. The Kier molecular flexibility index (Phi) is 4.12. The molecule has 3 heterocycles. The molecule has 1 atom stereocenters. The number of aromatic nitrogens is 6. The fourth-order valence-corrected chi connectivity index (χ4v) is 3.17. The Labute approximate surface area is 151 Å². The van der Waals surface area contributed by atoms with Crippen molar-refractivity contribution in [2.45, 2.75) is 26.3 Å². The smallest absolute Gasteiger partial charge is 0.163 e. The van der Waals surface area contributed by atoms with E-state index in [2.05, 4.69) is 50.6 Å². The van der Waals surface area contributed by atoms with Crippen molar-refractivity contribution < 1.29 is 0 Å². The predicted octanol–water partition coefficient (Wildman–Crippen LogP) is 2.90. The molecule has 7 nitrogen and oxygen atoms in total. The van der Waals surface area contributed by atoms with Gasteiger partial charge in [0.15, 0.2) is 5.65 Å². The minimum atomic E-state index is 0.173. The van der Waals surface area contributed by atoms with Crippen LogP contribution in [0.1, 0.15) is 18.3 Å². The summed E-state index contributed by atoms with van der Waals surface area (Å²) in [6, 6.07) is 12.5. The molecular formula is C19H21N7. The van der Waals surface area contributed by atoms with Crippen molar-refractivity contribution in [3.63, 3.8) is 0 Å². The van der Waals surface area contributed by atoms with Crippen LogP contribution < -0.4 is 5.32 Å². The first-order valence-corrected chi connectivity index (χ1v) is 8.62. The van der Waals surface area contributed by atoms with Gasteiger partial charge < -0.3 is 5.32 Å². The van der Waals surface area contributed by atoms with Gasteiger partial charge in [-0.1, -0.05) is 18.2 Å². The molecule has 0 amide bonds. The van der Waals surface area contributed by atoms with E-state index < -0.39 is 0 Å². The van der Waals surface area contributed by atoms with Crippen LogP contribution in [0.25, 0.3) is 16.7 Å². The Morgan fingerprint density at radius 2 is 1.96 bits per heavy atom. The second-order valence-corrected chi connectivity index (χ2v) is 6.50. The zero-order valence-electron chi connectivity index (χ0n) is 15.1. The molecule has 3 aromatic heterocycles. The number of benzene rings is 1. The standard InChI is InChI=1S/C19H21N7/c1-13(23-18-17-11-22-25(3)19(17)21-12-20-18)9-16-10-14(2)24-26(16)15-7-5-4-6-8-15/h4-8,10-13H,9H2,1-3H3,(H,20,21,23)/t13-/m1/s1. The van der Waals surface area contributed by atoms with Crippen LogP contribution in [0.4, 0.5) is 5.82 Å². The molecule has 4 aromatic rings. The fraction of sp³-hybridized carbons (Fsp3) is 0.263. The highest BCUT2D eigenvalue weighted by Gasteiger charge is 2.14. The first kappa shape index (κ1) is 16.3. The van der Waals surface area contributed by atoms with Gasteiger partial charge >= 0.3 is 0 Å². The van der Waals surface area contributed by atoms with Crippen molar-refractivity contribution in [1.82, 2.24) is 29.5 Å². The lowest BCUT2D eigenvalue weighted by Gasteiger charge is -2.16. The summed E-state index contributed by atoms with van der Waals surface area (Å²) < 4.78 is 3.76. The second-order valence-electron chi connectivity index (χ2n) is 6.50. The molecule has 0 saturated heterocycles. The van der Waals surface area contributed by atoms with Crippen molar-refractivity contribution in [2.75, 3.05) is 5.32 Å². The first-order valence-electron chi connectivity index (χ1n) is 8.62. The summed E-state index contributed by atoms with van der Waals surface area (Å²) in [5.41, 5.74) is 4.05. The molecule has 26 heavy (non-hydrogen) atoms. The number of nitrogens with one attached hydrogen (secondary N) is 1. The highest BCUT2D eigenvalue weighted by Crippen LogP contribution is 2.20. The van der Waals surface area contributed by atoms with Crippen LogP contribution >= 0.6 is 0 Å². The van der Waals surface area contributed by atoms with E-state index in [0.717, 1.165) is 40.3 Å². The molecule has 0 unspecified atom stereocenters. The molecule has 4 rings (SSSR count). The molecule has 7 heteroatoms. The summed E-state index contributed by atoms with van der Waals surface area (Å²) in [7, 11) is 1.88. The number of nitrogens with zero attached hydrogens (tertiary/aromatic N) is 6. The zero-order valence-corrected chi connectivity index (χ0v) is 15.1. The number of para-hydroxylation sites is 1. The van der Waals surface area contributed by atoms with Crippen LogP contribution in [-0.2, 0) is 13.5 Å². The Bertz CT molecular complexity index is 1030. The van der Waals surface area contributed by atoms with Crippen molar-refractivity contribution in [2.24, 2.45) is 7.05 Å². The Balaban J connectivity index is 1.58. The molecule has 0 fully saturated rings. The average molecular weight is 347 g/mol. The normalized spacial score (nSPS) is 12.4. The maximum Gasteiger partial charge on any atom is 0.163 e. The van der Waals surface area contributed by atoms with E-state index in [-0.39, 0.29) is 6.04 Å². The molecule has 0 aliphatic heterocycles. The monoisotopic (exact) mass is 347 g/mol. The van der Waals surface area contributed by atoms with Gasteiger partial charge in [0.2, 0.25) is 0 Å². The topological polar surface area (TPSA) is 73.5 Å². The lowest BCUT2D eigenvalue weighted by molar-refractivity contribution is 0.717. The van der Waals surface area contributed by atoms with E-state index in [1.54, 1.807) is 17.2 Å². The first-order chi connectivity index (χ1) is 12.6. The Morgan fingerprint density at radius 3 is 2.77 bits per heavy atom. The molecule has 0 bridgehead atoms. The maximum atomic E-state index is 4.64. The summed E-state index contributed by atoms with van der Waals surface area (Å²) in [6.07, 6.45) is 4.18. The lowest BCUT2D eigenvalue weighted by atomic mass is 10.1. The van der Waals surface area contributed by atoms with Crippen molar-refractivity contribution in [3.8, 4) is 5.69 Å². The molecule has 0 aliphatic carbocycles. The number of aryl methyl sites for hydroxylation is 2. The van der Waals surface area contributed by atoms with E-state index in [4.69, 9.17) is 0 Å². The molecule has 0 aliphatic rings. The SMILES string of the molecule is Cc1cc(C[C@@H](C)Nc2ncnc3c2cnn3C)n(-c2ccccc2)n1. The molecule has 1 aromatic carbocycles. The van der Waals surface area contributed by atoms with E-state index in [0.29, 0.717) is 0 Å². The number of rotatable bonds is 5. The van der Waals surface area contributed by atoms with Gasteiger partial charge in [0.25, 0.3) is 0 Å². The van der Waals surface area contributed by atoms with Gasteiger partial charge in [-0.05, 0) is 32.0 Å². The van der Waals surface area contributed by atoms with Gasteiger partial charge in [-0.2, -0.15) is 10.2 Å². The third kappa shape index (κ3) is 3.03. The van der Waals surface area contributed by atoms with Crippen molar-refractivity contribution in [3.05, 3.63) is 60.3 Å². The van der Waals surface area contributed by atoms with Gasteiger partial charge in [0.1, 0.15) is 12.1 Å². The second kappa shape index (κ2) is 6.59. The summed E-state index contributed by atoms with van der Waals surface area (Å²) >= 11 is 0. The largest absolute Gasteiger partial charge is 0.367 e. The number of hydrogen-bond acceptors (Lipinski definition) is 5. The van der Waals surface area contributed by atoms with Gasteiger partial charge in [-0.25, -0.2) is 14.6 Å². The highest BCUT2D eigenvalue weighted by molar-refractivity contribution is 5.86. The molecule has 1 N–H and O–H groups in total. The van der Waals surface area contributed by atoms with Gasteiger partial charge in [-0.3, -0.25) is 4.68 Å². The molecule has 0 saturated carbocycles. The minimum absolute atomic E-state index is 0.173. The van der Waals surface area contributed by atoms with E-state index in [9.17, 15) is 0 Å². The summed E-state index contributed by atoms with van der Waals surface area (Å²) in [5, 5.41) is 13.3. The predicted molar refractivity (Wildman–Crippen MR) is 101 cm³/mol. The quantitative estimate of drug-likeness (QED) is 0.601. The van der Waals surface area contributed by atoms with Crippen LogP contribution in [0, 0.1) is 6.92 Å². The van der Waals surface area contributed by atoms with Crippen LogP contribution in [-0.4, -0.2) is 35.6 Å². The van der Waals surface area contributed by atoms with Crippen molar-refractivity contribution in [1.29, 1.82) is 0 Å². The van der Waals surface area contributed by atoms with Gasteiger partial charge in [-0.15, -0.1) is 0 Å². The van der Waals surface area contributed by atoms with Crippen LogP contribution in [0.2, 0.25) is 0 Å². The average Bonchev–Trinajstić information content (AvgIpc) is 3.19. The summed E-state index contributed by atoms with van der Waals surface area (Å²) in [4.78, 5) is 8.67. The van der Waals surface area contributed by atoms with Crippen molar-refractivity contribution >= 4 is 16.9 Å². The fourth-order valence-electron chi connectivity index (χ4n) is 3.17. The summed E-state index contributed by atoms with van der Waals surface area (Å²) in [5.74, 6) is 0.804. The van der Waals surface area contributed by atoms with Gasteiger partial charge in [0, 0.05) is 25.2 Å². The number of hydrogen-bond donors (Lipinski definition) is 1. The van der Waals surface area contributed by atoms with E-state index >= 15 is 0 Å². The molecular weight excluding hydrogens is 326 g/mol. The maximum absolute atomic E-state index is 4.64. The lowest BCUT2D eigenvalue weighted by Crippen LogP contribution is -2.21. The summed E-state index contributed by atoms with van der Waals surface area (Å²) in [6.45, 7) is 4.16. The van der Waals surface area contributed by atoms with E-state index in [1.807, 2.05) is 36.9 Å². The minimum Gasteiger partial charge on any atom is -0.367 e. The molecule has 0 radical (unpaired) electrons.